The summed E-state index contributed by atoms with van der Waals surface area (Å²) in [7, 11) is 0. The summed E-state index contributed by atoms with van der Waals surface area (Å²) in [5.74, 6) is 1.28. The fourth-order valence-electron chi connectivity index (χ4n) is 4.80. The molecule has 3 aliphatic heterocycles. The fraction of sp³-hybridized carbons (Fsp3) is 0.520. The molecule has 1 N–H and O–H groups in total. The Morgan fingerprint density at radius 2 is 1.91 bits per heavy atom. The van der Waals surface area contributed by atoms with Crippen LogP contribution in [0.4, 0.5) is 11.5 Å². The third-order valence-electron chi connectivity index (χ3n) is 6.67. The highest BCUT2D eigenvalue weighted by molar-refractivity contribution is 5.92. The van der Waals surface area contributed by atoms with Crippen LogP contribution in [-0.4, -0.2) is 61.7 Å². The molecule has 3 aliphatic rings. The molecule has 0 saturated carbocycles. The van der Waals surface area contributed by atoms with Crippen LogP contribution in [0.5, 0.6) is 5.88 Å². The van der Waals surface area contributed by atoms with E-state index < -0.39 is 0 Å². The van der Waals surface area contributed by atoms with E-state index in [9.17, 15) is 4.79 Å². The number of nitrogens with one attached hydrogen (secondary N) is 1. The molecule has 1 aromatic heterocycles. The number of unbranched alkanes of at least 4 members (excludes halogenated alkanes) is 1. The summed E-state index contributed by atoms with van der Waals surface area (Å²) in [5.41, 5.74) is 5.29. The smallest absolute Gasteiger partial charge is 0.225 e. The monoisotopic (exact) mass is 436 g/mol. The number of carbonyl (C=O) groups is 1. The number of aryl methyl sites for hydroxylation is 1. The predicted octanol–water partition coefficient (Wildman–Crippen LogP) is 3.02. The summed E-state index contributed by atoms with van der Waals surface area (Å²) < 4.78 is 11.5. The molecule has 170 valence electrons. The van der Waals surface area contributed by atoms with E-state index in [1.54, 1.807) is 0 Å². The van der Waals surface area contributed by atoms with Gasteiger partial charge >= 0.3 is 0 Å². The first-order valence-corrected chi connectivity index (χ1v) is 11.8. The van der Waals surface area contributed by atoms with E-state index in [4.69, 9.17) is 9.47 Å². The number of rotatable bonds is 7. The summed E-state index contributed by atoms with van der Waals surface area (Å²) >= 11 is 0. The maximum Gasteiger partial charge on any atom is 0.225 e. The Bertz CT molecular complexity index is 956. The Balaban J connectivity index is 1.03. The third kappa shape index (κ3) is 4.89. The second-order valence-corrected chi connectivity index (χ2v) is 8.81. The highest BCUT2D eigenvalue weighted by atomic mass is 16.5. The van der Waals surface area contributed by atoms with Crippen LogP contribution in [0.25, 0.3) is 0 Å². The number of aromatic nitrogens is 1. The Morgan fingerprint density at radius 3 is 2.81 bits per heavy atom. The number of benzene rings is 1. The van der Waals surface area contributed by atoms with E-state index in [0.29, 0.717) is 24.7 Å². The van der Waals surface area contributed by atoms with Crippen molar-refractivity contribution in [1.29, 1.82) is 0 Å². The molecule has 1 amide bonds. The van der Waals surface area contributed by atoms with E-state index in [2.05, 4.69) is 38.3 Å². The number of fused-ring (bicyclic) bond motifs is 2. The van der Waals surface area contributed by atoms with E-state index in [1.165, 1.54) is 16.8 Å². The first kappa shape index (κ1) is 21.2. The van der Waals surface area contributed by atoms with Crippen molar-refractivity contribution in [2.24, 2.45) is 0 Å². The zero-order chi connectivity index (χ0) is 21.8. The highest BCUT2D eigenvalue weighted by Crippen LogP contribution is 2.29. The van der Waals surface area contributed by atoms with E-state index in [-0.39, 0.29) is 5.91 Å². The minimum absolute atomic E-state index is 0.0303. The summed E-state index contributed by atoms with van der Waals surface area (Å²) in [4.78, 5) is 21.1. The Morgan fingerprint density at radius 1 is 1.00 bits per heavy atom. The van der Waals surface area contributed by atoms with E-state index in [1.807, 2.05) is 12.1 Å². The van der Waals surface area contributed by atoms with Gasteiger partial charge in [-0.05, 0) is 55.5 Å². The number of hydrogen-bond donors (Lipinski definition) is 1. The van der Waals surface area contributed by atoms with Gasteiger partial charge in [-0.1, -0.05) is 12.1 Å². The molecule has 2 aromatic rings. The van der Waals surface area contributed by atoms with Crippen molar-refractivity contribution in [2.75, 3.05) is 56.2 Å². The van der Waals surface area contributed by atoms with Gasteiger partial charge in [0.2, 0.25) is 11.8 Å². The average molecular weight is 437 g/mol. The minimum atomic E-state index is 0.0303. The van der Waals surface area contributed by atoms with Crippen molar-refractivity contribution >= 4 is 17.4 Å². The maximum atomic E-state index is 11.5. The normalized spacial score (nSPS) is 18.6. The van der Waals surface area contributed by atoms with Crippen LogP contribution in [0, 0.1) is 0 Å². The van der Waals surface area contributed by atoms with Gasteiger partial charge in [-0.3, -0.25) is 9.69 Å². The van der Waals surface area contributed by atoms with Crippen LogP contribution in [0.15, 0.2) is 30.3 Å². The van der Waals surface area contributed by atoms with Gasteiger partial charge in [0.25, 0.3) is 0 Å². The molecular weight excluding hydrogens is 404 g/mol. The molecule has 7 heteroatoms. The van der Waals surface area contributed by atoms with Gasteiger partial charge in [0.05, 0.1) is 19.8 Å². The topological polar surface area (TPSA) is 66.9 Å². The summed E-state index contributed by atoms with van der Waals surface area (Å²) in [6.07, 6.45) is 4.42. The van der Waals surface area contributed by atoms with Crippen molar-refractivity contribution < 1.29 is 14.3 Å². The molecule has 0 atom stereocenters. The molecule has 1 saturated heterocycles. The van der Waals surface area contributed by atoms with Crippen LogP contribution >= 0.6 is 0 Å². The quantitative estimate of drug-likeness (QED) is 0.673. The second-order valence-electron chi connectivity index (χ2n) is 8.81. The predicted molar refractivity (Wildman–Crippen MR) is 124 cm³/mol. The molecule has 5 rings (SSSR count). The number of ether oxygens (including phenoxy) is 2. The van der Waals surface area contributed by atoms with Gasteiger partial charge in [0.15, 0.2) is 0 Å². The fourth-order valence-corrected chi connectivity index (χ4v) is 4.80. The molecule has 1 aromatic carbocycles. The van der Waals surface area contributed by atoms with Crippen molar-refractivity contribution in [3.05, 3.63) is 47.0 Å². The van der Waals surface area contributed by atoms with Crippen molar-refractivity contribution in [2.45, 2.75) is 38.7 Å². The van der Waals surface area contributed by atoms with Gasteiger partial charge in [0, 0.05) is 49.9 Å². The van der Waals surface area contributed by atoms with Crippen LogP contribution in [0.1, 0.15) is 36.0 Å². The molecule has 0 aliphatic carbocycles. The highest BCUT2D eigenvalue weighted by Gasteiger charge is 2.22. The van der Waals surface area contributed by atoms with Gasteiger partial charge in [-0.25, -0.2) is 0 Å². The van der Waals surface area contributed by atoms with Crippen LogP contribution < -0.4 is 15.0 Å². The lowest BCUT2D eigenvalue weighted by Crippen LogP contribution is -2.47. The Hall–Kier alpha value is -2.64. The van der Waals surface area contributed by atoms with Gasteiger partial charge in [-0.15, -0.1) is 0 Å². The van der Waals surface area contributed by atoms with Crippen molar-refractivity contribution in [3.8, 4) is 5.88 Å². The lowest BCUT2D eigenvalue weighted by atomic mass is 10.0. The summed E-state index contributed by atoms with van der Waals surface area (Å²) in [5, 5.41) is 2.83. The number of pyridine rings is 1. The second kappa shape index (κ2) is 9.88. The molecule has 7 nitrogen and oxygen atoms in total. The lowest BCUT2D eigenvalue weighted by Gasteiger charge is -2.37. The van der Waals surface area contributed by atoms with Gasteiger partial charge in [-0.2, -0.15) is 4.98 Å². The molecule has 32 heavy (non-hydrogen) atoms. The Labute approximate surface area is 189 Å². The molecule has 0 spiro atoms. The third-order valence-corrected chi connectivity index (χ3v) is 6.67. The standard InChI is InChI=1S/C25H32N4O3/c30-23-8-6-20-7-9-24(27-25(20)26-23)32-16-2-1-11-28-12-14-29(15-13-28)22-5-3-4-19-10-17-31-18-21(19)22/h3-5,7,9H,1-2,6,8,10-18H2,(H,26,27,30). The van der Waals surface area contributed by atoms with E-state index in [0.717, 1.165) is 77.2 Å². The first-order valence-electron chi connectivity index (χ1n) is 11.8. The summed E-state index contributed by atoms with van der Waals surface area (Å²) in [6, 6.07) is 10.6. The molecule has 0 bridgehead atoms. The number of anilines is 2. The zero-order valence-electron chi connectivity index (χ0n) is 18.6. The summed E-state index contributed by atoms with van der Waals surface area (Å²) in [6.45, 7) is 7.66. The average Bonchev–Trinajstić information content (AvgIpc) is 2.83. The molecule has 1 fully saturated rings. The van der Waals surface area contributed by atoms with Crippen LogP contribution in [0.2, 0.25) is 0 Å². The van der Waals surface area contributed by atoms with Crippen molar-refractivity contribution in [1.82, 2.24) is 9.88 Å². The van der Waals surface area contributed by atoms with Crippen LogP contribution in [0.3, 0.4) is 0 Å². The molecule has 0 unspecified atom stereocenters. The van der Waals surface area contributed by atoms with E-state index >= 15 is 0 Å². The van der Waals surface area contributed by atoms with Crippen molar-refractivity contribution in [3.63, 3.8) is 0 Å². The molecule has 0 radical (unpaired) electrons. The van der Waals surface area contributed by atoms with Gasteiger partial charge < -0.3 is 19.7 Å². The lowest BCUT2D eigenvalue weighted by molar-refractivity contribution is -0.116. The van der Waals surface area contributed by atoms with Crippen LogP contribution in [-0.2, 0) is 29.0 Å². The maximum absolute atomic E-state index is 11.5. The number of carbonyl (C=O) groups excluding carboxylic acids is 1. The molecular formula is C25H32N4O3. The SMILES string of the molecule is O=C1CCc2ccc(OCCCCN3CCN(c4cccc5c4COCC5)CC3)nc2N1. The number of amides is 1. The number of piperazine rings is 1. The first-order chi connectivity index (χ1) is 15.8. The number of hydrogen-bond acceptors (Lipinski definition) is 6. The minimum Gasteiger partial charge on any atom is -0.478 e. The Kier molecular flexibility index (Phi) is 6.55. The largest absolute Gasteiger partial charge is 0.478 e. The number of nitrogens with zero attached hydrogens (tertiary/aromatic N) is 3. The molecule has 4 heterocycles. The van der Waals surface area contributed by atoms with Gasteiger partial charge in [0.1, 0.15) is 5.82 Å². The zero-order valence-corrected chi connectivity index (χ0v) is 18.6.